The van der Waals surface area contributed by atoms with Gasteiger partial charge in [0, 0.05) is 23.8 Å². The summed E-state index contributed by atoms with van der Waals surface area (Å²) >= 11 is 3.53. The predicted molar refractivity (Wildman–Crippen MR) is 81.9 cm³/mol. The maximum atomic E-state index is 13.4. The molecule has 0 aromatic heterocycles. The lowest BCUT2D eigenvalue weighted by Crippen LogP contribution is -2.20. The highest BCUT2D eigenvalue weighted by atomic mass is 79.9. The topological polar surface area (TPSA) is 29.3 Å². The number of likely N-dealkylation sites (N-methyl/N-ethyl adjacent to an activating group) is 1. The highest BCUT2D eigenvalue weighted by Gasteiger charge is 2.06. The van der Waals surface area contributed by atoms with Gasteiger partial charge in [-0.2, -0.15) is 0 Å². The van der Waals surface area contributed by atoms with E-state index in [1.165, 1.54) is 11.6 Å². The monoisotopic (exact) mass is 322 g/mol. The Balaban J connectivity index is 2.03. The third-order valence-electron chi connectivity index (χ3n) is 3.10. The van der Waals surface area contributed by atoms with Crippen molar-refractivity contribution >= 4 is 27.3 Å². The van der Waals surface area contributed by atoms with Crippen LogP contribution in [0.1, 0.15) is 5.56 Å². The Kier molecular flexibility index (Phi) is 4.43. The molecule has 4 heteroatoms. The molecule has 0 radical (unpaired) electrons. The first kappa shape index (κ1) is 13.9. The van der Waals surface area contributed by atoms with Crippen molar-refractivity contribution in [3.8, 4) is 0 Å². The van der Waals surface area contributed by atoms with E-state index in [1.54, 1.807) is 6.07 Å². The fourth-order valence-corrected chi connectivity index (χ4v) is 2.35. The van der Waals surface area contributed by atoms with E-state index in [9.17, 15) is 4.39 Å². The molecule has 0 saturated carbocycles. The molecule has 2 aromatic rings. The molecule has 0 unspecified atom stereocenters. The summed E-state index contributed by atoms with van der Waals surface area (Å²) in [7, 11) is 1.95. The molecule has 0 aliphatic carbocycles. The first-order chi connectivity index (χ1) is 9.08. The van der Waals surface area contributed by atoms with Crippen LogP contribution in [0.2, 0.25) is 0 Å². The Morgan fingerprint density at radius 3 is 2.63 bits per heavy atom. The molecular formula is C15H16BrFN2. The Labute approximate surface area is 121 Å². The molecular weight excluding hydrogens is 307 g/mol. The van der Waals surface area contributed by atoms with Gasteiger partial charge in [-0.25, -0.2) is 4.39 Å². The van der Waals surface area contributed by atoms with Gasteiger partial charge in [-0.05, 0) is 36.2 Å². The highest BCUT2D eigenvalue weighted by molar-refractivity contribution is 9.10. The van der Waals surface area contributed by atoms with Gasteiger partial charge in [-0.3, -0.25) is 0 Å². The van der Waals surface area contributed by atoms with Crippen LogP contribution in [-0.2, 0) is 6.42 Å². The van der Waals surface area contributed by atoms with Crippen LogP contribution in [0.5, 0.6) is 0 Å². The average Bonchev–Trinajstić information content (AvgIpc) is 2.40. The van der Waals surface area contributed by atoms with Crippen LogP contribution in [0, 0.1) is 5.82 Å². The second kappa shape index (κ2) is 6.06. The van der Waals surface area contributed by atoms with Crippen molar-refractivity contribution in [3.05, 3.63) is 58.3 Å². The van der Waals surface area contributed by atoms with E-state index < -0.39 is 0 Å². The SMILES string of the molecule is CN(CCc1ccccc1Br)c1ccc(N)c(F)c1. The van der Waals surface area contributed by atoms with Crippen LogP contribution in [0.4, 0.5) is 15.8 Å². The van der Waals surface area contributed by atoms with E-state index in [2.05, 4.69) is 22.0 Å². The van der Waals surface area contributed by atoms with Crippen LogP contribution < -0.4 is 10.6 Å². The molecule has 0 fully saturated rings. The molecule has 0 aliphatic heterocycles. The van der Waals surface area contributed by atoms with Crippen molar-refractivity contribution < 1.29 is 4.39 Å². The zero-order valence-corrected chi connectivity index (χ0v) is 12.3. The van der Waals surface area contributed by atoms with Gasteiger partial charge in [0.15, 0.2) is 0 Å². The van der Waals surface area contributed by atoms with E-state index in [1.807, 2.05) is 36.2 Å². The maximum absolute atomic E-state index is 13.4. The van der Waals surface area contributed by atoms with Crippen LogP contribution in [0.25, 0.3) is 0 Å². The first-order valence-corrected chi connectivity index (χ1v) is 6.87. The van der Waals surface area contributed by atoms with Crippen LogP contribution >= 0.6 is 15.9 Å². The molecule has 0 heterocycles. The summed E-state index contributed by atoms with van der Waals surface area (Å²) in [5, 5.41) is 0. The number of nitrogens with two attached hydrogens (primary N) is 1. The van der Waals surface area contributed by atoms with Crippen molar-refractivity contribution in [1.82, 2.24) is 0 Å². The number of hydrogen-bond donors (Lipinski definition) is 1. The van der Waals surface area contributed by atoms with E-state index >= 15 is 0 Å². The minimum absolute atomic E-state index is 0.183. The lowest BCUT2D eigenvalue weighted by Gasteiger charge is -2.20. The van der Waals surface area contributed by atoms with Crippen molar-refractivity contribution in [2.45, 2.75) is 6.42 Å². The third kappa shape index (κ3) is 3.47. The molecule has 2 N–H and O–H groups in total. The zero-order chi connectivity index (χ0) is 13.8. The smallest absolute Gasteiger partial charge is 0.148 e. The van der Waals surface area contributed by atoms with Gasteiger partial charge >= 0.3 is 0 Å². The maximum Gasteiger partial charge on any atom is 0.148 e. The Morgan fingerprint density at radius 1 is 1.21 bits per heavy atom. The Hall–Kier alpha value is -1.55. The molecule has 100 valence electrons. The molecule has 0 atom stereocenters. The normalized spacial score (nSPS) is 10.5. The van der Waals surface area contributed by atoms with Gasteiger partial charge in [0.2, 0.25) is 0 Å². The number of benzene rings is 2. The second-order valence-corrected chi connectivity index (χ2v) is 5.32. The van der Waals surface area contributed by atoms with E-state index in [0.29, 0.717) is 0 Å². The van der Waals surface area contributed by atoms with Crippen LogP contribution in [0.3, 0.4) is 0 Å². The minimum Gasteiger partial charge on any atom is -0.396 e. The molecule has 0 saturated heterocycles. The van der Waals surface area contributed by atoms with Crippen molar-refractivity contribution in [2.75, 3.05) is 24.2 Å². The molecule has 0 spiro atoms. The number of nitrogens with zero attached hydrogens (tertiary/aromatic N) is 1. The molecule has 0 aliphatic rings. The van der Waals surface area contributed by atoms with E-state index in [4.69, 9.17) is 5.73 Å². The fraction of sp³-hybridized carbons (Fsp3) is 0.200. The van der Waals surface area contributed by atoms with Crippen molar-refractivity contribution in [2.24, 2.45) is 0 Å². The first-order valence-electron chi connectivity index (χ1n) is 6.07. The quantitative estimate of drug-likeness (QED) is 0.866. The summed E-state index contributed by atoms with van der Waals surface area (Å²) < 4.78 is 14.5. The largest absolute Gasteiger partial charge is 0.396 e. The van der Waals surface area contributed by atoms with Gasteiger partial charge in [-0.15, -0.1) is 0 Å². The van der Waals surface area contributed by atoms with Crippen LogP contribution in [0.15, 0.2) is 46.9 Å². The summed E-state index contributed by atoms with van der Waals surface area (Å²) in [6, 6.07) is 13.0. The predicted octanol–water partition coefficient (Wildman–Crippen LogP) is 3.85. The van der Waals surface area contributed by atoms with Crippen molar-refractivity contribution in [3.63, 3.8) is 0 Å². The fourth-order valence-electron chi connectivity index (χ4n) is 1.87. The van der Waals surface area contributed by atoms with E-state index in [0.717, 1.165) is 23.1 Å². The number of rotatable bonds is 4. The van der Waals surface area contributed by atoms with Gasteiger partial charge < -0.3 is 10.6 Å². The lowest BCUT2D eigenvalue weighted by atomic mass is 10.1. The Bertz CT molecular complexity index is 572. The summed E-state index contributed by atoms with van der Waals surface area (Å²) in [5.74, 6) is -0.370. The number of anilines is 2. The number of halogens is 2. The average molecular weight is 323 g/mol. The second-order valence-electron chi connectivity index (χ2n) is 4.47. The van der Waals surface area contributed by atoms with Crippen LogP contribution in [-0.4, -0.2) is 13.6 Å². The highest BCUT2D eigenvalue weighted by Crippen LogP contribution is 2.21. The van der Waals surface area contributed by atoms with Gasteiger partial charge in [0.1, 0.15) is 5.82 Å². The van der Waals surface area contributed by atoms with Crippen molar-refractivity contribution in [1.29, 1.82) is 0 Å². The summed E-state index contributed by atoms with van der Waals surface area (Å²) in [4.78, 5) is 2.02. The van der Waals surface area contributed by atoms with Gasteiger partial charge in [-0.1, -0.05) is 34.1 Å². The molecule has 0 bridgehead atoms. The minimum atomic E-state index is -0.370. The molecule has 19 heavy (non-hydrogen) atoms. The molecule has 2 rings (SSSR count). The summed E-state index contributed by atoms with van der Waals surface area (Å²) in [6.07, 6.45) is 0.893. The number of nitrogen functional groups attached to an aromatic ring is 1. The standard InChI is InChI=1S/C15H16BrFN2/c1-19(12-6-7-15(18)14(17)10-12)9-8-11-4-2-3-5-13(11)16/h2-7,10H,8-9,18H2,1H3. The third-order valence-corrected chi connectivity index (χ3v) is 3.87. The van der Waals surface area contributed by atoms with Gasteiger partial charge in [0.25, 0.3) is 0 Å². The molecule has 2 aromatic carbocycles. The molecule has 0 amide bonds. The van der Waals surface area contributed by atoms with E-state index in [-0.39, 0.29) is 11.5 Å². The summed E-state index contributed by atoms with van der Waals surface area (Å²) in [6.45, 7) is 0.811. The van der Waals surface area contributed by atoms with Gasteiger partial charge in [0.05, 0.1) is 5.69 Å². The summed E-state index contributed by atoms with van der Waals surface area (Å²) in [5.41, 5.74) is 7.73. The lowest BCUT2D eigenvalue weighted by molar-refractivity contribution is 0.632. The number of hydrogen-bond acceptors (Lipinski definition) is 2. The molecule has 2 nitrogen and oxygen atoms in total. The Morgan fingerprint density at radius 2 is 1.95 bits per heavy atom. The zero-order valence-electron chi connectivity index (χ0n) is 10.7.